The monoisotopic (exact) mass is 390 g/mol. The minimum absolute atomic E-state index is 0.0895. The molecule has 0 spiro atoms. The van der Waals surface area contributed by atoms with Crippen molar-refractivity contribution in [2.24, 2.45) is 0 Å². The molecule has 0 bridgehead atoms. The van der Waals surface area contributed by atoms with Crippen LogP contribution in [0.25, 0.3) is 10.9 Å². The first-order valence-electron chi connectivity index (χ1n) is 10.2. The number of aromatic nitrogens is 2. The van der Waals surface area contributed by atoms with Crippen molar-refractivity contribution in [3.63, 3.8) is 0 Å². The van der Waals surface area contributed by atoms with Crippen LogP contribution in [0, 0.1) is 0 Å². The van der Waals surface area contributed by atoms with Crippen LogP contribution in [0.1, 0.15) is 18.4 Å². The summed E-state index contributed by atoms with van der Waals surface area (Å²) in [5.41, 5.74) is 1.90. The summed E-state index contributed by atoms with van der Waals surface area (Å²) in [6, 6.07) is 17.7. The zero-order valence-electron chi connectivity index (χ0n) is 16.5. The van der Waals surface area contributed by atoms with E-state index in [2.05, 4.69) is 34.1 Å². The van der Waals surface area contributed by atoms with Crippen molar-refractivity contribution >= 4 is 16.8 Å². The molecule has 6 nitrogen and oxygen atoms in total. The fraction of sp³-hybridized carbons (Fsp3) is 0.348. The molecule has 1 saturated heterocycles. The molecule has 29 heavy (non-hydrogen) atoms. The van der Waals surface area contributed by atoms with Gasteiger partial charge in [-0.2, -0.15) is 0 Å². The number of carbonyl (C=O) groups is 1. The topological polar surface area (TPSA) is 58.4 Å². The van der Waals surface area contributed by atoms with Crippen LogP contribution in [0.2, 0.25) is 0 Å². The van der Waals surface area contributed by atoms with Crippen LogP contribution in [0.5, 0.6) is 0 Å². The van der Waals surface area contributed by atoms with E-state index in [1.165, 1.54) is 5.56 Å². The first-order chi connectivity index (χ1) is 14.2. The van der Waals surface area contributed by atoms with Crippen molar-refractivity contribution in [1.29, 1.82) is 0 Å². The zero-order valence-corrected chi connectivity index (χ0v) is 16.5. The largest absolute Gasteiger partial charge is 0.341 e. The molecule has 1 amide bonds. The first kappa shape index (κ1) is 19.3. The van der Waals surface area contributed by atoms with Gasteiger partial charge in [0.2, 0.25) is 5.91 Å². The molecule has 1 fully saturated rings. The molecule has 4 rings (SSSR count). The number of aryl methyl sites for hydroxylation is 1. The summed E-state index contributed by atoms with van der Waals surface area (Å²) in [5.74, 6) is 0.103. The standard InChI is InChI=1S/C23H26N4O2/c28-22(11-14-27-18-24-21-10-5-4-9-20(21)23(27)29)26-13-6-12-25(15-16-26)17-19-7-2-1-3-8-19/h1-5,7-10,18H,6,11-17H2. The molecule has 0 aliphatic carbocycles. The number of para-hydroxylation sites is 1. The smallest absolute Gasteiger partial charge is 0.261 e. The molecule has 3 aromatic rings. The molecule has 1 aliphatic rings. The molecular formula is C23H26N4O2. The average Bonchev–Trinajstić information content (AvgIpc) is 3.00. The predicted octanol–water partition coefficient (Wildman–Crippen LogP) is 2.52. The van der Waals surface area contributed by atoms with Gasteiger partial charge in [-0.25, -0.2) is 4.98 Å². The summed E-state index contributed by atoms with van der Waals surface area (Å²) >= 11 is 0. The van der Waals surface area contributed by atoms with E-state index in [4.69, 9.17) is 0 Å². The summed E-state index contributed by atoms with van der Waals surface area (Å²) in [4.78, 5) is 34.0. The van der Waals surface area contributed by atoms with Crippen LogP contribution in [0.4, 0.5) is 0 Å². The summed E-state index contributed by atoms with van der Waals surface area (Å²) in [7, 11) is 0. The van der Waals surface area contributed by atoms with Crippen molar-refractivity contribution in [3.8, 4) is 0 Å². The van der Waals surface area contributed by atoms with Gasteiger partial charge in [0.15, 0.2) is 0 Å². The number of carbonyl (C=O) groups excluding carboxylic acids is 1. The van der Waals surface area contributed by atoms with E-state index in [1.807, 2.05) is 29.2 Å². The molecule has 0 atom stereocenters. The third kappa shape index (κ3) is 4.71. The van der Waals surface area contributed by atoms with Gasteiger partial charge in [-0.05, 0) is 24.1 Å². The maximum Gasteiger partial charge on any atom is 0.261 e. The van der Waals surface area contributed by atoms with Crippen molar-refractivity contribution < 1.29 is 4.79 Å². The Bertz CT molecular complexity index is 1030. The second-order valence-electron chi connectivity index (χ2n) is 7.51. The Balaban J connectivity index is 1.33. The van der Waals surface area contributed by atoms with Crippen molar-refractivity contribution in [2.75, 3.05) is 26.2 Å². The quantitative estimate of drug-likeness (QED) is 0.672. The molecule has 150 valence electrons. The third-order valence-electron chi connectivity index (χ3n) is 5.49. The van der Waals surface area contributed by atoms with Gasteiger partial charge in [0, 0.05) is 45.7 Å². The Kier molecular flexibility index (Phi) is 6.00. The lowest BCUT2D eigenvalue weighted by Gasteiger charge is -2.22. The SMILES string of the molecule is O=C(CCn1cnc2ccccc2c1=O)N1CCCN(Cc2ccccc2)CC1. The van der Waals surface area contributed by atoms with Gasteiger partial charge in [-0.1, -0.05) is 42.5 Å². The van der Waals surface area contributed by atoms with Gasteiger partial charge < -0.3 is 4.90 Å². The van der Waals surface area contributed by atoms with Crippen molar-refractivity contribution in [2.45, 2.75) is 25.9 Å². The maximum atomic E-state index is 12.7. The number of nitrogens with zero attached hydrogens (tertiary/aromatic N) is 4. The zero-order chi connectivity index (χ0) is 20.1. The number of rotatable bonds is 5. The normalized spacial score (nSPS) is 15.4. The van der Waals surface area contributed by atoms with E-state index >= 15 is 0 Å². The summed E-state index contributed by atoms with van der Waals surface area (Å²) in [6.45, 7) is 4.65. The molecule has 0 saturated carbocycles. The summed E-state index contributed by atoms with van der Waals surface area (Å²) in [5, 5.41) is 0.591. The van der Waals surface area contributed by atoms with E-state index in [0.717, 1.165) is 39.1 Å². The molecule has 1 aliphatic heterocycles. The van der Waals surface area contributed by atoms with Crippen LogP contribution >= 0.6 is 0 Å². The van der Waals surface area contributed by atoms with Crippen LogP contribution in [0.3, 0.4) is 0 Å². The Labute approximate surface area is 170 Å². The van der Waals surface area contributed by atoms with Gasteiger partial charge in [0.05, 0.1) is 17.2 Å². The predicted molar refractivity (Wildman–Crippen MR) is 114 cm³/mol. The highest BCUT2D eigenvalue weighted by molar-refractivity contribution is 5.77. The highest BCUT2D eigenvalue weighted by Crippen LogP contribution is 2.10. The number of fused-ring (bicyclic) bond motifs is 1. The molecule has 6 heteroatoms. The molecule has 0 N–H and O–H groups in total. The molecular weight excluding hydrogens is 364 g/mol. The molecule has 1 aromatic heterocycles. The molecule has 0 radical (unpaired) electrons. The molecule has 2 heterocycles. The number of benzene rings is 2. The van der Waals surface area contributed by atoms with E-state index in [9.17, 15) is 9.59 Å². The number of hydrogen-bond acceptors (Lipinski definition) is 4. The minimum Gasteiger partial charge on any atom is -0.341 e. The van der Waals surface area contributed by atoms with E-state index in [1.54, 1.807) is 17.0 Å². The Morgan fingerprint density at radius 2 is 1.72 bits per heavy atom. The summed E-state index contributed by atoms with van der Waals surface area (Å²) in [6.07, 6.45) is 2.83. The summed E-state index contributed by atoms with van der Waals surface area (Å²) < 4.78 is 1.54. The van der Waals surface area contributed by atoms with Crippen LogP contribution < -0.4 is 5.56 Å². The first-order valence-corrected chi connectivity index (χ1v) is 10.2. The Morgan fingerprint density at radius 3 is 2.59 bits per heavy atom. The Hall–Kier alpha value is -2.99. The van der Waals surface area contributed by atoms with E-state index in [-0.39, 0.29) is 11.5 Å². The van der Waals surface area contributed by atoms with Gasteiger partial charge in [0.25, 0.3) is 5.56 Å². The second-order valence-corrected chi connectivity index (χ2v) is 7.51. The van der Waals surface area contributed by atoms with E-state index < -0.39 is 0 Å². The van der Waals surface area contributed by atoms with Crippen molar-refractivity contribution in [1.82, 2.24) is 19.4 Å². The lowest BCUT2D eigenvalue weighted by atomic mass is 10.2. The lowest BCUT2D eigenvalue weighted by molar-refractivity contribution is -0.131. The second kappa shape index (κ2) is 9.01. The third-order valence-corrected chi connectivity index (χ3v) is 5.49. The Morgan fingerprint density at radius 1 is 0.931 bits per heavy atom. The maximum absolute atomic E-state index is 12.7. The fourth-order valence-corrected chi connectivity index (χ4v) is 3.86. The molecule has 2 aromatic carbocycles. The highest BCUT2D eigenvalue weighted by atomic mass is 16.2. The van der Waals surface area contributed by atoms with Gasteiger partial charge in [-0.15, -0.1) is 0 Å². The minimum atomic E-state index is -0.0895. The average molecular weight is 390 g/mol. The van der Waals surface area contributed by atoms with Crippen LogP contribution in [-0.2, 0) is 17.9 Å². The van der Waals surface area contributed by atoms with Crippen LogP contribution in [0.15, 0.2) is 65.7 Å². The highest BCUT2D eigenvalue weighted by Gasteiger charge is 2.19. The van der Waals surface area contributed by atoms with Crippen LogP contribution in [-0.4, -0.2) is 51.4 Å². The van der Waals surface area contributed by atoms with Gasteiger partial charge in [0.1, 0.15) is 0 Å². The van der Waals surface area contributed by atoms with Gasteiger partial charge in [-0.3, -0.25) is 19.1 Å². The van der Waals surface area contributed by atoms with E-state index in [0.29, 0.717) is 23.9 Å². The fourth-order valence-electron chi connectivity index (χ4n) is 3.86. The molecule has 0 unspecified atom stereocenters. The van der Waals surface area contributed by atoms with Crippen molar-refractivity contribution in [3.05, 3.63) is 76.8 Å². The lowest BCUT2D eigenvalue weighted by Crippen LogP contribution is -2.36. The number of hydrogen-bond donors (Lipinski definition) is 0. The number of amides is 1. The van der Waals surface area contributed by atoms with Gasteiger partial charge >= 0.3 is 0 Å².